The first-order valence-electron chi connectivity index (χ1n) is 7.29. The molecule has 3 aromatic rings. The summed E-state index contributed by atoms with van der Waals surface area (Å²) >= 11 is 3.22. The number of aryl methyl sites for hydroxylation is 2. The minimum Gasteiger partial charge on any atom is -0.394 e. The van der Waals surface area contributed by atoms with Crippen molar-refractivity contribution in [1.29, 1.82) is 0 Å². The normalized spacial score (nSPS) is 12.0. The van der Waals surface area contributed by atoms with Crippen LogP contribution in [0.15, 0.2) is 17.5 Å². The van der Waals surface area contributed by atoms with Crippen LogP contribution in [0.5, 0.6) is 0 Å². The highest BCUT2D eigenvalue weighted by molar-refractivity contribution is 7.19. The van der Waals surface area contributed by atoms with Gasteiger partial charge in [0.15, 0.2) is 5.82 Å². The largest absolute Gasteiger partial charge is 0.394 e. The van der Waals surface area contributed by atoms with E-state index in [2.05, 4.69) is 17.2 Å². The van der Waals surface area contributed by atoms with E-state index in [0.717, 1.165) is 20.7 Å². The number of nitrogens with zero attached hydrogens (tertiary/aromatic N) is 2. The van der Waals surface area contributed by atoms with E-state index in [1.807, 2.05) is 24.4 Å². The summed E-state index contributed by atoms with van der Waals surface area (Å²) in [5.74, 6) is 1.32. The molecular weight excluding hydrogens is 330 g/mol. The standard InChI is InChI=1S/C16H19N3O2S2/c1-9-10(2)23-15-12(9)14(19-16(3,7-20)8-21)17-13(18-15)11-5-4-6-22-11/h4-6,20-21H,7-8H2,1-3H3,(H,17,18,19). The van der Waals surface area contributed by atoms with Crippen molar-refractivity contribution in [2.45, 2.75) is 26.3 Å². The number of anilines is 1. The first-order chi connectivity index (χ1) is 11.0. The molecule has 23 heavy (non-hydrogen) atoms. The molecule has 5 nitrogen and oxygen atoms in total. The number of nitrogens with one attached hydrogen (secondary N) is 1. The lowest BCUT2D eigenvalue weighted by Crippen LogP contribution is -2.42. The molecular formula is C16H19N3O2S2. The van der Waals surface area contributed by atoms with Gasteiger partial charge >= 0.3 is 0 Å². The third-order valence-electron chi connectivity index (χ3n) is 3.89. The van der Waals surface area contributed by atoms with Crippen LogP contribution in [0, 0.1) is 13.8 Å². The molecule has 0 aliphatic heterocycles. The second-order valence-corrected chi connectivity index (χ2v) is 7.99. The van der Waals surface area contributed by atoms with Crippen LogP contribution in [-0.4, -0.2) is 38.9 Å². The van der Waals surface area contributed by atoms with Gasteiger partial charge in [0.2, 0.25) is 0 Å². The van der Waals surface area contributed by atoms with Crippen LogP contribution in [0.4, 0.5) is 5.82 Å². The Morgan fingerprint density at radius 1 is 1.22 bits per heavy atom. The zero-order chi connectivity index (χ0) is 16.6. The van der Waals surface area contributed by atoms with Gasteiger partial charge in [-0.05, 0) is 37.8 Å². The maximum atomic E-state index is 9.59. The molecule has 0 aliphatic rings. The van der Waals surface area contributed by atoms with Crippen LogP contribution in [-0.2, 0) is 0 Å². The zero-order valence-electron chi connectivity index (χ0n) is 13.3. The Morgan fingerprint density at radius 2 is 1.96 bits per heavy atom. The molecule has 3 aromatic heterocycles. The van der Waals surface area contributed by atoms with Crippen molar-refractivity contribution in [3.05, 3.63) is 28.0 Å². The zero-order valence-corrected chi connectivity index (χ0v) is 14.9. The molecule has 3 heterocycles. The van der Waals surface area contributed by atoms with Gasteiger partial charge in [0.1, 0.15) is 10.6 Å². The summed E-state index contributed by atoms with van der Waals surface area (Å²) in [6.07, 6.45) is 0. The van der Waals surface area contributed by atoms with Crippen molar-refractivity contribution in [3.8, 4) is 10.7 Å². The summed E-state index contributed by atoms with van der Waals surface area (Å²) in [6, 6.07) is 3.96. The molecule has 122 valence electrons. The van der Waals surface area contributed by atoms with E-state index in [1.165, 1.54) is 4.88 Å². The van der Waals surface area contributed by atoms with Crippen LogP contribution in [0.1, 0.15) is 17.4 Å². The predicted molar refractivity (Wildman–Crippen MR) is 96.4 cm³/mol. The van der Waals surface area contributed by atoms with E-state index in [0.29, 0.717) is 11.6 Å². The third kappa shape index (κ3) is 2.97. The molecule has 0 aromatic carbocycles. The molecule has 7 heteroatoms. The lowest BCUT2D eigenvalue weighted by molar-refractivity contribution is 0.147. The van der Waals surface area contributed by atoms with Crippen molar-refractivity contribution in [3.63, 3.8) is 0 Å². The number of hydrogen-bond acceptors (Lipinski definition) is 7. The highest BCUT2D eigenvalue weighted by atomic mass is 32.1. The molecule has 0 spiro atoms. The van der Waals surface area contributed by atoms with Gasteiger partial charge in [-0.3, -0.25) is 0 Å². The van der Waals surface area contributed by atoms with E-state index in [1.54, 1.807) is 29.6 Å². The minimum absolute atomic E-state index is 0.189. The van der Waals surface area contributed by atoms with Crippen LogP contribution in [0.3, 0.4) is 0 Å². The van der Waals surface area contributed by atoms with E-state index in [-0.39, 0.29) is 13.2 Å². The van der Waals surface area contributed by atoms with Crippen molar-refractivity contribution in [1.82, 2.24) is 9.97 Å². The van der Waals surface area contributed by atoms with Gasteiger partial charge in [-0.15, -0.1) is 22.7 Å². The van der Waals surface area contributed by atoms with Gasteiger partial charge in [0, 0.05) is 4.88 Å². The molecule has 0 atom stereocenters. The van der Waals surface area contributed by atoms with Crippen LogP contribution in [0.2, 0.25) is 0 Å². The topological polar surface area (TPSA) is 78.3 Å². The average molecular weight is 349 g/mol. The van der Waals surface area contributed by atoms with Crippen LogP contribution in [0.25, 0.3) is 20.9 Å². The van der Waals surface area contributed by atoms with Crippen LogP contribution >= 0.6 is 22.7 Å². The summed E-state index contributed by atoms with van der Waals surface area (Å²) < 4.78 is 0. The Bertz CT molecular complexity index is 824. The van der Waals surface area contributed by atoms with Crippen molar-refractivity contribution < 1.29 is 10.2 Å². The fourth-order valence-electron chi connectivity index (χ4n) is 2.27. The number of fused-ring (bicyclic) bond motifs is 1. The van der Waals surface area contributed by atoms with Crippen molar-refractivity contribution >= 4 is 38.7 Å². The average Bonchev–Trinajstić information content (AvgIpc) is 3.16. The van der Waals surface area contributed by atoms with Gasteiger partial charge in [0.05, 0.1) is 29.0 Å². The third-order valence-corrected chi connectivity index (χ3v) is 5.86. The fourth-order valence-corrected chi connectivity index (χ4v) is 3.96. The summed E-state index contributed by atoms with van der Waals surface area (Å²) in [5.41, 5.74) is 0.291. The number of rotatable bonds is 5. The summed E-state index contributed by atoms with van der Waals surface area (Å²) in [6.45, 7) is 5.49. The highest BCUT2D eigenvalue weighted by Crippen LogP contribution is 2.36. The lowest BCUT2D eigenvalue weighted by Gasteiger charge is -2.27. The SMILES string of the molecule is Cc1sc2nc(-c3cccs3)nc(NC(C)(CO)CO)c2c1C. The van der Waals surface area contributed by atoms with Gasteiger partial charge in [0.25, 0.3) is 0 Å². The van der Waals surface area contributed by atoms with Gasteiger partial charge in [-0.1, -0.05) is 6.07 Å². The molecule has 3 rings (SSSR count). The maximum absolute atomic E-state index is 9.59. The van der Waals surface area contributed by atoms with Crippen molar-refractivity contribution in [2.75, 3.05) is 18.5 Å². The number of thiophene rings is 2. The lowest BCUT2D eigenvalue weighted by atomic mass is 10.1. The molecule has 0 fully saturated rings. The van der Waals surface area contributed by atoms with Crippen LogP contribution < -0.4 is 5.32 Å². The molecule has 0 saturated carbocycles. The molecule has 0 aliphatic carbocycles. The van der Waals surface area contributed by atoms with E-state index in [9.17, 15) is 10.2 Å². The molecule has 3 N–H and O–H groups in total. The van der Waals surface area contributed by atoms with Crippen molar-refractivity contribution in [2.24, 2.45) is 0 Å². The second kappa shape index (κ2) is 6.16. The Kier molecular flexibility index (Phi) is 4.37. The van der Waals surface area contributed by atoms with E-state index >= 15 is 0 Å². The van der Waals surface area contributed by atoms with Gasteiger partial charge in [-0.2, -0.15) is 0 Å². The molecule has 0 saturated heterocycles. The first-order valence-corrected chi connectivity index (χ1v) is 8.98. The maximum Gasteiger partial charge on any atom is 0.173 e. The molecule has 0 bridgehead atoms. The Balaban J connectivity index is 2.20. The molecule has 0 radical (unpaired) electrons. The molecule has 0 unspecified atom stereocenters. The fraction of sp³-hybridized carbons (Fsp3) is 0.375. The second-order valence-electron chi connectivity index (χ2n) is 5.84. The summed E-state index contributed by atoms with van der Waals surface area (Å²) in [4.78, 5) is 12.5. The van der Waals surface area contributed by atoms with Gasteiger partial charge in [-0.25, -0.2) is 9.97 Å². The number of hydrogen-bond donors (Lipinski definition) is 3. The van der Waals surface area contributed by atoms with E-state index in [4.69, 9.17) is 4.98 Å². The Labute approximate surface area is 142 Å². The quantitative estimate of drug-likeness (QED) is 0.659. The highest BCUT2D eigenvalue weighted by Gasteiger charge is 2.25. The Morgan fingerprint density at radius 3 is 2.57 bits per heavy atom. The number of aromatic nitrogens is 2. The predicted octanol–water partition coefficient (Wildman–Crippen LogP) is 3.19. The first kappa shape index (κ1) is 16.3. The van der Waals surface area contributed by atoms with E-state index < -0.39 is 5.54 Å². The number of aliphatic hydroxyl groups is 2. The smallest absolute Gasteiger partial charge is 0.173 e. The minimum atomic E-state index is -0.837. The molecule has 0 amide bonds. The summed E-state index contributed by atoms with van der Waals surface area (Å²) in [5, 5.41) is 25.3. The number of aliphatic hydroxyl groups excluding tert-OH is 2. The van der Waals surface area contributed by atoms with Gasteiger partial charge < -0.3 is 15.5 Å². The Hall–Kier alpha value is -1.54. The monoisotopic (exact) mass is 349 g/mol. The summed E-state index contributed by atoms with van der Waals surface area (Å²) in [7, 11) is 0.